The van der Waals surface area contributed by atoms with Gasteiger partial charge >= 0.3 is 0 Å². The minimum atomic E-state index is -0.410. The van der Waals surface area contributed by atoms with Crippen LogP contribution in [0.4, 0.5) is 5.69 Å². The van der Waals surface area contributed by atoms with Crippen LogP contribution in [0, 0.1) is 5.92 Å². The van der Waals surface area contributed by atoms with Crippen LogP contribution in [0.2, 0.25) is 0 Å². The van der Waals surface area contributed by atoms with Crippen molar-refractivity contribution in [3.8, 4) is 0 Å². The number of ether oxygens (including phenoxy) is 1. The molecule has 0 bridgehead atoms. The number of anilines is 1. The number of hydrogen-bond donors (Lipinski definition) is 3. The highest BCUT2D eigenvalue weighted by Gasteiger charge is 2.29. The summed E-state index contributed by atoms with van der Waals surface area (Å²) in [4.78, 5) is 23.9. The number of hydrogen-bond acceptors (Lipinski definition) is 4. The van der Waals surface area contributed by atoms with Gasteiger partial charge in [-0.2, -0.15) is 0 Å². The molecule has 6 heteroatoms. The van der Waals surface area contributed by atoms with Crippen LogP contribution in [0.25, 0.3) is 0 Å². The van der Waals surface area contributed by atoms with E-state index in [0.717, 1.165) is 17.7 Å². The Kier molecular flexibility index (Phi) is 6.75. The summed E-state index contributed by atoms with van der Waals surface area (Å²) < 4.78 is 5.58. The van der Waals surface area contributed by atoms with E-state index in [0.29, 0.717) is 31.8 Å². The fourth-order valence-electron chi connectivity index (χ4n) is 2.72. The Balaban J connectivity index is 1.83. The average molecular weight is 333 g/mol. The highest BCUT2D eigenvalue weighted by Crippen LogP contribution is 2.19. The molecule has 1 saturated heterocycles. The van der Waals surface area contributed by atoms with Gasteiger partial charge in [0, 0.05) is 25.2 Å². The molecule has 6 nitrogen and oxygen atoms in total. The minimum Gasteiger partial charge on any atom is -0.364 e. The van der Waals surface area contributed by atoms with Crippen molar-refractivity contribution in [2.75, 3.05) is 11.9 Å². The molecule has 4 N–H and O–H groups in total. The Labute approximate surface area is 143 Å². The highest BCUT2D eigenvalue weighted by molar-refractivity contribution is 5.90. The molecule has 0 radical (unpaired) electrons. The summed E-state index contributed by atoms with van der Waals surface area (Å²) in [5, 5.41) is 5.76. The molecule has 0 saturated carbocycles. The van der Waals surface area contributed by atoms with E-state index in [-0.39, 0.29) is 17.9 Å². The third-order valence-electron chi connectivity index (χ3n) is 3.93. The van der Waals surface area contributed by atoms with Crippen LogP contribution in [0.5, 0.6) is 0 Å². The third-order valence-corrected chi connectivity index (χ3v) is 3.93. The standard InChI is InChI=1S/C18H27N3O3/c1-12(2)8-17(22)21-14-5-3-4-13(9-14)11-20-18(23)16-7-6-15(10-19)24-16/h3-5,9,12,15-16H,6-8,10-11,19H2,1-2H3,(H,20,23)(H,21,22)/t15-,16+/m1/s1. The van der Waals surface area contributed by atoms with Gasteiger partial charge in [-0.1, -0.05) is 26.0 Å². The third kappa shape index (κ3) is 5.62. The van der Waals surface area contributed by atoms with E-state index in [2.05, 4.69) is 10.6 Å². The quantitative estimate of drug-likeness (QED) is 0.709. The summed E-state index contributed by atoms with van der Waals surface area (Å²) in [6.45, 7) is 4.86. The van der Waals surface area contributed by atoms with Crippen LogP contribution in [0.1, 0.15) is 38.7 Å². The number of nitrogens with one attached hydrogen (secondary N) is 2. The first kappa shape index (κ1) is 18.4. The molecule has 1 aromatic rings. The van der Waals surface area contributed by atoms with Gasteiger partial charge in [0.05, 0.1) is 6.10 Å². The first-order valence-corrected chi connectivity index (χ1v) is 8.50. The number of benzene rings is 1. The lowest BCUT2D eigenvalue weighted by molar-refractivity contribution is -0.132. The Morgan fingerprint density at radius 3 is 2.79 bits per heavy atom. The number of carbonyl (C=O) groups is 2. The number of rotatable bonds is 7. The van der Waals surface area contributed by atoms with Crippen molar-refractivity contribution in [3.63, 3.8) is 0 Å². The van der Waals surface area contributed by atoms with E-state index < -0.39 is 6.10 Å². The summed E-state index contributed by atoms with van der Waals surface area (Å²) in [6.07, 6.45) is 1.60. The van der Waals surface area contributed by atoms with E-state index in [1.165, 1.54) is 0 Å². The first-order chi connectivity index (χ1) is 11.5. The predicted molar refractivity (Wildman–Crippen MR) is 93.3 cm³/mol. The smallest absolute Gasteiger partial charge is 0.249 e. The fourth-order valence-corrected chi connectivity index (χ4v) is 2.72. The second-order valence-corrected chi connectivity index (χ2v) is 6.62. The molecule has 0 aliphatic carbocycles. The van der Waals surface area contributed by atoms with Crippen molar-refractivity contribution >= 4 is 17.5 Å². The van der Waals surface area contributed by atoms with Gasteiger partial charge in [0.15, 0.2) is 0 Å². The lowest BCUT2D eigenvalue weighted by Crippen LogP contribution is -2.35. The molecule has 2 amide bonds. The number of carbonyl (C=O) groups excluding carboxylic acids is 2. The predicted octanol–water partition coefficient (Wildman–Crippen LogP) is 1.79. The lowest BCUT2D eigenvalue weighted by Gasteiger charge is -2.13. The maximum absolute atomic E-state index is 12.1. The second kappa shape index (κ2) is 8.80. The van der Waals surface area contributed by atoms with Crippen molar-refractivity contribution in [2.45, 2.75) is 51.9 Å². The molecule has 1 fully saturated rings. The van der Waals surface area contributed by atoms with E-state index in [1.54, 1.807) is 0 Å². The van der Waals surface area contributed by atoms with Crippen molar-refractivity contribution < 1.29 is 14.3 Å². The minimum absolute atomic E-state index is 0.00151. The summed E-state index contributed by atoms with van der Waals surface area (Å²) in [7, 11) is 0. The Hall–Kier alpha value is -1.92. The van der Waals surface area contributed by atoms with Gasteiger partial charge in [-0.3, -0.25) is 9.59 Å². The zero-order valence-corrected chi connectivity index (χ0v) is 14.4. The van der Waals surface area contributed by atoms with E-state index in [9.17, 15) is 9.59 Å². The van der Waals surface area contributed by atoms with Crippen LogP contribution in [0.15, 0.2) is 24.3 Å². The van der Waals surface area contributed by atoms with Crippen molar-refractivity contribution in [1.82, 2.24) is 5.32 Å². The van der Waals surface area contributed by atoms with Crippen molar-refractivity contribution in [3.05, 3.63) is 29.8 Å². The molecule has 2 rings (SSSR count). The van der Waals surface area contributed by atoms with Gasteiger partial charge in [-0.15, -0.1) is 0 Å². The Morgan fingerprint density at radius 1 is 1.33 bits per heavy atom. The molecule has 0 aromatic heterocycles. The van der Waals surface area contributed by atoms with Gasteiger partial charge < -0.3 is 21.1 Å². The summed E-state index contributed by atoms with van der Waals surface area (Å²) in [5.41, 5.74) is 7.23. The van der Waals surface area contributed by atoms with Crippen LogP contribution in [0.3, 0.4) is 0 Å². The summed E-state index contributed by atoms with van der Waals surface area (Å²) in [6, 6.07) is 7.49. The Bertz CT molecular complexity index is 574. The monoisotopic (exact) mass is 333 g/mol. The number of nitrogens with two attached hydrogens (primary N) is 1. The Morgan fingerprint density at radius 2 is 2.12 bits per heavy atom. The zero-order valence-electron chi connectivity index (χ0n) is 14.4. The topological polar surface area (TPSA) is 93.5 Å². The molecule has 24 heavy (non-hydrogen) atoms. The van der Waals surface area contributed by atoms with E-state index in [4.69, 9.17) is 10.5 Å². The van der Waals surface area contributed by atoms with Crippen LogP contribution in [-0.2, 0) is 20.9 Å². The number of amides is 2. The molecular weight excluding hydrogens is 306 g/mol. The van der Waals surface area contributed by atoms with Crippen molar-refractivity contribution in [1.29, 1.82) is 0 Å². The van der Waals surface area contributed by atoms with Crippen LogP contribution < -0.4 is 16.4 Å². The van der Waals surface area contributed by atoms with Gasteiger partial charge in [-0.25, -0.2) is 0 Å². The molecule has 2 atom stereocenters. The molecular formula is C18H27N3O3. The molecule has 1 aliphatic heterocycles. The lowest BCUT2D eigenvalue weighted by atomic mass is 10.1. The van der Waals surface area contributed by atoms with Crippen molar-refractivity contribution in [2.24, 2.45) is 11.7 Å². The van der Waals surface area contributed by atoms with Crippen LogP contribution in [-0.4, -0.2) is 30.6 Å². The molecule has 1 aliphatic rings. The SMILES string of the molecule is CC(C)CC(=O)Nc1cccc(CNC(=O)[C@@H]2CC[C@H](CN)O2)c1. The zero-order chi connectivity index (χ0) is 17.5. The molecule has 1 aromatic carbocycles. The summed E-state index contributed by atoms with van der Waals surface area (Å²) in [5.74, 6) is 0.204. The maximum atomic E-state index is 12.1. The van der Waals surface area contributed by atoms with Gasteiger partial charge in [0.1, 0.15) is 6.10 Å². The molecule has 1 heterocycles. The maximum Gasteiger partial charge on any atom is 0.249 e. The van der Waals surface area contributed by atoms with E-state index in [1.807, 2.05) is 38.1 Å². The molecule has 0 unspecified atom stereocenters. The second-order valence-electron chi connectivity index (χ2n) is 6.62. The van der Waals surface area contributed by atoms with Gasteiger partial charge in [-0.05, 0) is 36.5 Å². The average Bonchev–Trinajstić information content (AvgIpc) is 3.01. The van der Waals surface area contributed by atoms with Gasteiger partial charge in [0.25, 0.3) is 0 Å². The molecule has 132 valence electrons. The normalized spacial score (nSPS) is 20.2. The van der Waals surface area contributed by atoms with E-state index >= 15 is 0 Å². The molecule has 0 spiro atoms. The first-order valence-electron chi connectivity index (χ1n) is 8.50. The summed E-state index contributed by atoms with van der Waals surface area (Å²) >= 11 is 0. The van der Waals surface area contributed by atoms with Gasteiger partial charge in [0.2, 0.25) is 11.8 Å². The fraction of sp³-hybridized carbons (Fsp3) is 0.556. The highest BCUT2D eigenvalue weighted by atomic mass is 16.5. The largest absolute Gasteiger partial charge is 0.364 e. The van der Waals surface area contributed by atoms with Crippen LogP contribution >= 0.6 is 0 Å².